The Morgan fingerprint density at radius 1 is 0.889 bits per heavy atom. The highest BCUT2D eigenvalue weighted by molar-refractivity contribution is 8.09. The van der Waals surface area contributed by atoms with Crippen LogP contribution >= 0.6 is 0 Å². The van der Waals surface area contributed by atoms with Crippen LogP contribution in [0.4, 0.5) is 5.69 Å². The summed E-state index contributed by atoms with van der Waals surface area (Å²) in [5, 5.41) is 0. The molecule has 2 aromatic rings. The van der Waals surface area contributed by atoms with Gasteiger partial charge in [0.2, 0.25) is 20.0 Å². The normalized spacial score (nSPS) is 16.0. The van der Waals surface area contributed by atoms with Crippen molar-refractivity contribution in [1.82, 2.24) is 4.90 Å². The van der Waals surface area contributed by atoms with Crippen molar-refractivity contribution >= 4 is 25.7 Å². The van der Waals surface area contributed by atoms with Gasteiger partial charge in [0, 0.05) is 6.54 Å². The van der Waals surface area contributed by atoms with Crippen LogP contribution in [0.25, 0.3) is 0 Å². The topological polar surface area (TPSA) is 93.2 Å². The van der Waals surface area contributed by atoms with Gasteiger partial charge in [-0.25, -0.2) is 16.8 Å². The van der Waals surface area contributed by atoms with Crippen molar-refractivity contribution < 1.29 is 26.3 Å². The minimum atomic E-state index is -3.93. The largest absolute Gasteiger partial charge is 0.493 e. The molecule has 0 bridgehead atoms. The van der Waals surface area contributed by atoms with Crippen LogP contribution < -0.4 is 13.2 Å². The van der Waals surface area contributed by atoms with Gasteiger partial charge in [-0.05, 0) is 99.0 Å². The Morgan fingerprint density at radius 2 is 1.47 bits per heavy atom. The molecular formula is C26H38N2O6S2. The summed E-state index contributed by atoms with van der Waals surface area (Å²) in [7, 11) is -2.41. The summed E-state index contributed by atoms with van der Waals surface area (Å²) in [5.74, 6) is 2.27. The van der Waals surface area contributed by atoms with Gasteiger partial charge in [0.1, 0.15) is 0 Å². The fourth-order valence-electron chi connectivity index (χ4n) is 4.90. The van der Waals surface area contributed by atoms with Crippen LogP contribution in [0.3, 0.4) is 0 Å². The Labute approximate surface area is 216 Å². The number of anilines is 1. The van der Waals surface area contributed by atoms with Gasteiger partial charge in [0.05, 0.1) is 32.4 Å². The fraction of sp³-hybridized carbons (Fsp3) is 0.538. The van der Waals surface area contributed by atoms with E-state index in [0.29, 0.717) is 9.63 Å². The molecule has 0 aromatic heterocycles. The first kappa shape index (κ1) is 28.3. The Bertz CT molecular complexity index is 1210. The van der Waals surface area contributed by atoms with E-state index in [4.69, 9.17) is 9.47 Å². The standard InChI is InChI=1S/C26H38N2O6S2/c1-27(16-14-20-9-12-24(13-10-20)28(35(4,29)30)36(5,31)32)15-6-7-21-8-11-22-18-25(33-2)26(34-3)19-23(22)17-21/h9-10,12-13,18-19,21H,6-8,11,14-17H2,1-5H3. The molecule has 1 aliphatic rings. The van der Waals surface area contributed by atoms with Crippen molar-refractivity contribution in [3.63, 3.8) is 0 Å². The van der Waals surface area contributed by atoms with Gasteiger partial charge in [-0.3, -0.25) is 0 Å². The van der Waals surface area contributed by atoms with E-state index in [9.17, 15) is 16.8 Å². The maximum Gasteiger partial charge on any atom is 0.245 e. The molecule has 0 aliphatic heterocycles. The zero-order valence-electron chi connectivity index (χ0n) is 21.9. The number of hydrogen-bond acceptors (Lipinski definition) is 7. The monoisotopic (exact) mass is 538 g/mol. The average Bonchev–Trinajstić information content (AvgIpc) is 2.80. The molecule has 1 unspecified atom stereocenters. The van der Waals surface area contributed by atoms with E-state index in [1.807, 2.05) is 0 Å². The summed E-state index contributed by atoms with van der Waals surface area (Å²) in [5.41, 5.74) is 3.89. The van der Waals surface area contributed by atoms with Crippen molar-refractivity contribution in [2.45, 2.75) is 38.5 Å². The molecule has 0 saturated heterocycles. The molecular weight excluding hydrogens is 500 g/mol. The molecule has 2 aromatic carbocycles. The van der Waals surface area contributed by atoms with Gasteiger partial charge in [0.25, 0.3) is 0 Å². The van der Waals surface area contributed by atoms with Gasteiger partial charge < -0.3 is 14.4 Å². The van der Waals surface area contributed by atoms with E-state index in [2.05, 4.69) is 24.1 Å². The lowest BCUT2D eigenvalue weighted by molar-refractivity contribution is 0.307. The third-order valence-corrected chi connectivity index (χ3v) is 9.97. The maximum atomic E-state index is 11.9. The van der Waals surface area contributed by atoms with E-state index in [0.717, 1.165) is 68.3 Å². The van der Waals surface area contributed by atoms with Crippen LogP contribution in [-0.4, -0.2) is 68.6 Å². The molecule has 36 heavy (non-hydrogen) atoms. The second-order valence-electron chi connectivity index (χ2n) is 9.67. The summed E-state index contributed by atoms with van der Waals surface area (Å²) in [6, 6.07) is 10.9. The van der Waals surface area contributed by atoms with Crippen LogP contribution in [0.2, 0.25) is 0 Å². The van der Waals surface area contributed by atoms with Crippen LogP contribution in [-0.2, 0) is 39.3 Å². The highest BCUT2D eigenvalue weighted by Crippen LogP contribution is 2.36. The number of likely N-dealkylation sites (N-methyl/N-ethyl adjacent to an activating group) is 1. The summed E-state index contributed by atoms with van der Waals surface area (Å²) < 4.78 is 59.1. The minimum absolute atomic E-state index is 0.127. The molecule has 3 rings (SSSR count). The first-order chi connectivity index (χ1) is 16.9. The van der Waals surface area contributed by atoms with E-state index in [1.54, 1.807) is 38.5 Å². The number of rotatable bonds is 12. The van der Waals surface area contributed by atoms with Crippen molar-refractivity contribution in [3.8, 4) is 11.5 Å². The summed E-state index contributed by atoms with van der Waals surface area (Å²) >= 11 is 0. The zero-order valence-corrected chi connectivity index (χ0v) is 23.5. The molecule has 0 saturated carbocycles. The molecule has 0 N–H and O–H groups in total. The molecule has 0 radical (unpaired) electrons. The third-order valence-electron chi connectivity index (χ3n) is 6.72. The number of aryl methyl sites for hydroxylation is 1. The summed E-state index contributed by atoms with van der Waals surface area (Å²) in [6.45, 7) is 1.87. The van der Waals surface area contributed by atoms with Crippen molar-refractivity contribution in [2.24, 2.45) is 5.92 Å². The Balaban J connectivity index is 1.46. The van der Waals surface area contributed by atoms with Crippen molar-refractivity contribution in [1.29, 1.82) is 0 Å². The smallest absolute Gasteiger partial charge is 0.245 e. The predicted octanol–water partition coefficient (Wildman–Crippen LogP) is 3.49. The van der Waals surface area contributed by atoms with Crippen LogP contribution in [0.1, 0.15) is 36.0 Å². The van der Waals surface area contributed by atoms with Gasteiger partial charge in [0.15, 0.2) is 11.5 Å². The lowest BCUT2D eigenvalue weighted by Gasteiger charge is -2.26. The molecule has 0 spiro atoms. The van der Waals surface area contributed by atoms with Crippen molar-refractivity contribution in [2.75, 3.05) is 50.6 Å². The van der Waals surface area contributed by atoms with Crippen LogP contribution in [0.15, 0.2) is 36.4 Å². The van der Waals surface area contributed by atoms with Gasteiger partial charge >= 0.3 is 0 Å². The Morgan fingerprint density at radius 3 is 2.03 bits per heavy atom. The minimum Gasteiger partial charge on any atom is -0.493 e. The van der Waals surface area contributed by atoms with E-state index in [1.165, 1.54) is 24.0 Å². The number of ether oxygens (including phenoxy) is 2. The molecule has 0 amide bonds. The van der Waals surface area contributed by atoms with Crippen LogP contribution in [0, 0.1) is 5.92 Å². The number of hydrogen-bond donors (Lipinski definition) is 0. The van der Waals surface area contributed by atoms with Gasteiger partial charge in [-0.1, -0.05) is 12.1 Å². The number of methoxy groups -OCH3 is 2. The quantitative estimate of drug-likeness (QED) is 0.408. The highest BCUT2D eigenvalue weighted by atomic mass is 32.3. The summed E-state index contributed by atoms with van der Waals surface area (Å²) in [4.78, 5) is 2.30. The molecule has 10 heteroatoms. The Hall–Kier alpha value is -2.30. The van der Waals surface area contributed by atoms with E-state index >= 15 is 0 Å². The third kappa shape index (κ3) is 7.36. The number of nitrogens with zero attached hydrogens (tertiary/aromatic N) is 2. The highest BCUT2D eigenvalue weighted by Gasteiger charge is 2.27. The SMILES string of the molecule is COc1cc2c(cc1OC)CC(CCCN(C)CCc1ccc(N(S(C)(=O)=O)S(C)(=O)=O)cc1)CC2. The predicted molar refractivity (Wildman–Crippen MR) is 144 cm³/mol. The van der Waals surface area contributed by atoms with E-state index in [-0.39, 0.29) is 5.69 Å². The first-order valence-electron chi connectivity index (χ1n) is 12.1. The fourth-order valence-corrected chi connectivity index (χ4v) is 7.88. The average molecular weight is 539 g/mol. The second-order valence-corrected chi connectivity index (χ2v) is 13.6. The molecule has 200 valence electrons. The lowest BCUT2D eigenvalue weighted by Crippen LogP contribution is -2.35. The lowest BCUT2D eigenvalue weighted by atomic mass is 9.81. The van der Waals surface area contributed by atoms with Crippen LogP contribution in [0.5, 0.6) is 11.5 Å². The second kappa shape index (κ2) is 11.8. The van der Waals surface area contributed by atoms with Gasteiger partial charge in [-0.15, -0.1) is 0 Å². The molecule has 1 atom stereocenters. The molecule has 0 fully saturated rings. The zero-order chi connectivity index (χ0) is 26.5. The molecule has 8 nitrogen and oxygen atoms in total. The Kier molecular flexibility index (Phi) is 9.29. The number of sulfonamides is 2. The van der Waals surface area contributed by atoms with Crippen molar-refractivity contribution in [3.05, 3.63) is 53.1 Å². The molecule has 1 aliphatic carbocycles. The van der Waals surface area contributed by atoms with E-state index < -0.39 is 20.0 Å². The first-order valence-corrected chi connectivity index (χ1v) is 15.8. The number of fused-ring (bicyclic) bond motifs is 1. The van der Waals surface area contributed by atoms with Gasteiger partial charge in [-0.2, -0.15) is 3.71 Å². The molecule has 0 heterocycles. The number of benzene rings is 2. The maximum absolute atomic E-state index is 11.9. The summed E-state index contributed by atoms with van der Waals surface area (Å²) in [6.07, 6.45) is 8.21.